The molecule has 0 aliphatic rings. The van der Waals surface area contributed by atoms with Crippen molar-refractivity contribution in [2.75, 3.05) is 19.0 Å². The van der Waals surface area contributed by atoms with Crippen LogP contribution in [-0.4, -0.2) is 25.5 Å². The van der Waals surface area contributed by atoms with Crippen LogP contribution < -0.4 is 25.3 Å². The van der Waals surface area contributed by atoms with Crippen LogP contribution in [0.2, 0.25) is 0 Å². The fourth-order valence-corrected chi connectivity index (χ4v) is 2.92. The van der Waals surface area contributed by atoms with Crippen molar-refractivity contribution >= 4 is 17.5 Å². The molecule has 31 heavy (non-hydrogen) atoms. The molecule has 0 fully saturated rings. The number of primary amides is 1. The van der Waals surface area contributed by atoms with Gasteiger partial charge in [-0.05, 0) is 42.8 Å². The molecule has 0 atom stereocenters. The SMILES string of the molecule is COc1ccc(NC(=O)c2cccc(OCc3cccc(C)c3)c2)cc1OCC(N)=O. The molecular weight excluding hydrogens is 396 g/mol. The number of hydrogen-bond acceptors (Lipinski definition) is 5. The van der Waals surface area contributed by atoms with Gasteiger partial charge in [0.2, 0.25) is 0 Å². The van der Waals surface area contributed by atoms with Crippen LogP contribution in [0.25, 0.3) is 0 Å². The quantitative estimate of drug-likeness (QED) is 0.550. The summed E-state index contributed by atoms with van der Waals surface area (Å²) in [6.07, 6.45) is 0. The minimum Gasteiger partial charge on any atom is -0.493 e. The molecule has 160 valence electrons. The third-order valence-electron chi connectivity index (χ3n) is 4.38. The summed E-state index contributed by atoms with van der Waals surface area (Å²) in [4.78, 5) is 23.7. The van der Waals surface area contributed by atoms with Crippen LogP contribution in [0.5, 0.6) is 17.2 Å². The molecule has 2 amide bonds. The largest absolute Gasteiger partial charge is 0.493 e. The molecule has 3 N–H and O–H groups in total. The molecule has 0 bridgehead atoms. The first-order chi connectivity index (χ1) is 14.9. The van der Waals surface area contributed by atoms with Crippen LogP contribution >= 0.6 is 0 Å². The summed E-state index contributed by atoms with van der Waals surface area (Å²) in [6, 6.07) is 19.9. The number of carbonyl (C=O) groups excluding carboxylic acids is 2. The molecule has 0 saturated heterocycles. The van der Waals surface area contributed by atoms with Crippen molar-refractivity contribution in [2.45, 2.75) is 13.5 Å². The van der Waals surface area contributed by atoms with Crippen molar-refractivity contribution in [1.29, 1.82) is 0 Å². The first-order valence-corrected chi connectivity index (χ1v) is 9.63. The predicted molar refractivity (Wildman–Crippen MR) is 118 cm³/mol. The fraction of sp³-hybridized carbons (Fsp3) is 0.167. The van der Waals surface area contributed by atoms with E-state index in [0.717, 1.165) is 11.1 Å². The van der Waals surface area contributed by atoms with Crippen LogP contribution in [0, 0.1) is 6.92 Å². The molecule has 7 nitrogen and oxygen atoms in total. The van der Waals surface area contributed by atoms with Crippen LogP contribution in [0.4, 0.5) is 5.69 Å². The van der Waals surface area contributed by atoms with Crippen LogP contribution in [0.1, 0.15) is 21.5 Å². The maximum Gasteiger partial charge on any atom is 0.255 e. The average molecular weight is 420 g/mol. The normalized spacial score (nSPS) is 10.3. The number of hydrogen-bond donors (Lipinski definition) is 2. The van der Waals surface area contributed by atoms with E-state index in [0.29, 0.717) is 35.1 Å². The summed E-state index contributed by atoms with van der Waals surface area (Å²) < 4.78 is 16.4. The van der Waals surface area contributed by atoms with Gasteiger partial charge in [-0.25, -0.2) is 0 Å². The number of nitrogens with one attached hydrogen (secondary N) is 1. The van der Waals surface area contributed by atoms with Gasteiger partial charge in [-0.15, -0.1) is 0 Å². The summed E-state index contributed by atoms with van der Waals surface area (Å²) in [6.45, 7) is 2.14. The highest BCUT2D eigenvalue weighted by molar-refractivity contribution is 6.04. The molecule has 7 heteroatoms. The standard InChI is InChI=1S/C24H24N2O5/c1-16-5-3-6-17(11-16)14-30-20-8-4-7-18(12-20)24(28)26-19-9-10-21(29-2)22(13-19)31-15-23(25)27/h3-13H,14-15H2,1-2H3,(H2,25,27)(H,26,28). The molecule has 0 heterocycles. The Bertz CT molecular complexity index is 1080. The van der Waals surface area contributed by atoms with Gasteiger partial charge in [0.15, 0.2) is 18.1 Å². The lowest BCUT2D eigenvalue weighted by Gasteiger charge is -2.12. The zero-order valence-electron chi connectivity index (χ0n) is 17.4. The summed E-state index contributed by atoms with van der Waals surface area (Å²) >= 11 is 0. The number of ether oxygens (including phenoxy) is 3. The minimum absolute atomic E-state index is 0.298. The number of carbonyl (C=O) groups is 2. The summed E-state index contributed by atoms with van der Waals surface area (Å²) in [7, 11) is 1.48. The lowest BCUT2D eigenvalue weighted by atomic mass is 10.1. The smallest absolute Gasteiger partial charge is 0.255 e. The second-order valence-electron chi connectivity index (χ2n) is 6.88. The molecule has 0 saturated carbocycles. The van der Waals surface area contributed by atoms with Crippen molar-refractivity contribution in [3.05, 3.63) is 83.4 Å². The Morgan fingerprint density at radius 1 is 0.935 bits per heavy atom. The van der Waals surface area contributed by atoms with Gasteiger partial charge in [-0.3, -0.25) is 9.59 Å². The number of aryl methyl sites for hydroxylation is 1. The van der Waals surface area contributed by atoms with E-state index in [2.05, 4.69) is 11.4 Å². The number of anilines is 1. The Morgan fingerprint density at radius 2 is 1.74 bits per heavy atom. The van der Waals surface area contributed by atoms with Crippen molar-refractivity contribution in [3.63, 3.8) is 0 Å². The lowest BCUT2D eigenvalue weighted by molar-refractivity contribution is -0.119. The van der Waals surface area contributed by atoms with Crippen LogP contribution in [-0.2, 0) is 11.4 Å². The van der Waals surface area contributed by atoms with Gasteiger partial charge < -0.3 is 25.3 Å². The molecule has 0 unspecified atom stereocenters. The van der Waals surface area contributed by atoms with Crippen LogP contribution in [0.15, 0.2) is 66.7 Å². The average Bonchev–Trinajstić information content (AvgIpc) is 2.76. The Morgan fingerprint density at radius 3 is 2.48 bits per heavy atom. The van der Waals surface area contributed by atoms with E-state index in [1.54, 1.807) is 42.5 Å². The highest BCUT2D eigenvalue weighted by Crippen LogP contribution is 2.30. The molecular formula is C24H24N2O5. The third kappa shape index (κ3) is 6.24. The highest BCUT2D eigenvalue weighted by atomic mass is 16.5. The number of nitrogens with two attached hydrogens (primary N) is 1. The zero-order chi connectivity index (χ0) is 22.2. The van der Waals surface area contributed by atoms with Crippen molar-refractivity contribution in [1.82, 2.24) is 0 Å². The van der Waals surface area contributed by atoms with Gasteiger partial charge in [0.1, 0.15) is 12.4 Å². The Kier molecular flexibility index (Phi) is 7.11. The van der Waals surface area contributed by atoms with Crippen molar-refractivity contribution < 1.29 is 23.8 Å². The number of rotatable bonds is 9. The second-order valence-corrected chi connectivity index (χ2v) is 6.88. The molecule has 0 aromatic heterocycles. The van der Waals surface area contributed by atoms with Gasteiger partial charge in [0.25, 0.3) is 11.8 Å². The maximum atomic E-state index is 12.7. The van der Waals surface area contributed by atoms with E-state index < -0.39 is 5.91 Å². The monoisotopic (exact) mass is 420 g/mol. The molecule has 0 spiro atoms. The van der Waals surface area contributed by atoms with Gasteiger partial charge in [0.05, 0.1) is 7.11 Å². The van der Waals surface area contributed by atoms with Gasteiger partial charge in [-0.2, -0.15) is 0 Å². The molecule has 0 aliphatic carbocycles. The molecule has 0 radical (unpaired) electrons. The Labute approximate surface area is 180 Å². The predicted octanol–water partition coefficient (Wildman–Crippen LogP) is 3.70. The van der Waals surface area contributed by atoms with Crippen LogP contribution in [0.3, 0.4) is 0 Å². The molecule has 3 rings (SSSR count). The first-order valence-electron chi connectivity index (χ1n) is 9.63. The van der Waals surface area contributed by atoms with E-state index in [9.17, 15) is 9.59 Å². The van der Waals surface area contributed by atoms with E-state index >= 15 is 0 Å². The Hall–Kier alpha value is -4.00. The molecule has 3 aromatic carbocycles. The fourth-order valence-electron chi connectivity index (χ4n) is 2.92. The van der Waals surface area contributed by atoms with Gasteiger partial charge in [-0.1, -0.05) is 35.9 Å². The molecule has 3 aromatic rings. The molecule has 0 aliphatic heterocycles. The topological polar surface area (TPSA) is 99.9 Å². The van der Waals surface area contributed by atoms with E-state index in [-0.39, 0.29) is 12.5 Å². The van der Waals surface area contributed by atoms with E-state index in [4.69, 9.17) is 19.9 Å². The minimum atomic E-state index is -0.612. The van der Waals surface area contributed by atoms with E-state index in [1.165, 1.54) is 7.11 Å². The third-order valence-corrected chi connectivity index (χ3v) is 4.38. The highest BCUT2D eigenvalue weighted by Gasteiger charge is 2.11. The van der Waals surface area contributed by atoms with Crippen molar-refractivity contribution in [2.24, 2.45) is 5.73 Å². The number of methoxy groups -OCH3 is 1. The van der Waals surface area contributed by atoms with Gasteiger partial charge in [0, 0.05) is 17.3 Å². The van der Waals surface area contributed by atoms with E-state index in [1.807, 2.05) is 25.1 Å². The summed E-state index contributed by atoms with van der Waals surface area (Å²) in [5.74, 6) is 0.389. The maximum absolute atomic E-state index is 12.7. The zero-order valence-corrected chi connectivity index (χ0v) is 17.4. The first kappa shape index (κ1) is 21.7. The summed E-state index contributed by atoms with van der Waals surface area (Å²) in [5.41, 5.74) is 8.26. The lowest BCUT2D eigenvalue weighted by Crippen LogP contribution is -2.20. The number of amides is 2. The number of benzene rings is 3. The van der Waals surface area contributed by atoms with Gasteiger partial charge >= 0.3 is 0 Å². The summed E-state index contributed by atoms with van der Waals surface area (Å²) in [5, 5.41) is 2.80. The second kappa shape index (κ2) is 10.2. The van der Waals surface area contributed by atoms with Crippen molar-refractivity contribution in [3.8, 4) is 17.2 Å². The Balaban J connectivity index is 1.68.